The molecular formula is C17H23N7. The van der Waals surface area contributed by atoms with Gasteiger partial charge in [0.25, 0.3) is 0 Å². The van der Waals surface area contributed by atoms with Crippen molar-refractivity contribution in [2.45, 2.75) is 38.9 Å². The van der Waals surface area contributed by atoms with E-state index in [1.54, 1.807) is 6.33 Å². The van der Waals surface area contributed by atoms with Crippen LogP contribution >= 0.6 is 0 Å². The lowest BCUT2D eigenvalue weighted by molar-refractivity contribution is 0.183. The largest absolute Gasteiger partial charge is 0.348 e. The van der Waals surface area contributed by atoms with Crippen LogP contribution in [-0.2, 0) is 26.6 Å². The van der Waals surface area contributed by atoms with E-state index in [1.807, 2.05) is 25.6 Å². The third-order valence-corrected chi connectivity index (χ3v) is 4.75. The summed E-state index contributed by atoms with van der Waals surface area (Å²) in [6, 6.07) is 0.0678. The Morgan fingerprint density at radius 1 is 1.21 bits per heavy atom. The lowest BCUT2D eigenvalue weighted by Crippen LogP contribution is -2.38. The summed E-state index contributed by atoms with van der Waals surface area (Å²) in [6.45, 7) is 4.92. The molecule has 1 unspecified atom stereocenters. The minimum Gasteiger partial charge on any atom is -0.348 e. The maximum absolute atomic E-state index is 4.68. The minimum atomic E-state index is 0.0678. The van der Waals surface area contributed by atoms with Gasteiger partial charge in [0.05, 0.1) is 18.6 Å². The van der Waals surface area contributed by atoms with E-state index in [2.05, 4.69) is 47.1 Å². The highest BCUT2D eigenvalue weighted by Crippen LogP contribution is 2.33. The van der Waals surface area contributed by atoms with Crippen LogP contribution in [0.15, 0.2) is 31.1 Å². The Kier molecular flexibility index (Phi) is 3.93. The average molecular weight is 325 g/mol. The van der Waals surface area contributed by atoms with Gasteiger partial charge in [-0.25, -0.2) is 15.0 Å². The van der Waals surface area contributed by atoms with Crippen LogP contribution in [0.2, 0.25) is 0 Å². The van der Waals surface area contributed by atoms with E-state index in [0.717, 1.165) is 49.8 Å². The summed E-state index contributed by atoms with van der Waals surface area (Å²) in [6.07, 6.45) is 11.7. The first kappa shape index (κ1) is 15.1. The molecule has 1 aliphatic heterocycles. The molecule has 7 nitrogen and oxygen atoms in total. The Labute approximate surface area is 141 Å². The molecule has 0 aliphatic carbocycles. The molecule has 1 aliphatic rings. The standard InChI is InChI=1S/C17H23N7/c1-3-7-23-10-6-19-17(23)16-15-13(20-12-21-15)4-8-24(16)11-14-18-5-9-22(14)2/h5-6,9-10,12,16H,3-4,7-8,11H2,1-2H3,(H,20,21). The molecule has 0 bridgehead atoms. The van der Waals surface area contributed by atoms with E-state index in [9.17, 15) is 0 Å². The number of hydrogen-bond acceptors (Lipinski definition) is 4. The van der Waals surface area contributed by atoms with Crippen molar-refractivity contribution in [3.8, 4) is 0 Å². The summed E-state index contributed by atoms with van der Waals surface area (Å²) in [5.74, 6) is 2.13. The molecule has 1 N–H and O–H groups in total. The van der Waals surface area contributed by atoms with Crippen molar-refractivity contribution >= 4 is 0 Å². The lowest BCUT2D eigenvalue weighted by atomic mass is 10.0. The first-order valence-electron chi connectivity index (χ1n) is 8.51. The van der Waals surface area contributed by atoms with Gasteiger partial charge in [-0.05, 0) is 6.42 Å². The number of rotatable bonds is 5. The van der Waals surface area contributed by atoms with Crippen LogP contribution in [0.3, 0.4) is 0 Å². The Balaban J connectivity index is 1.73. The van der Waals surface area contributed by atoms with Crippen LogP contribution in [0, 0.1) is 0 Å². The van der Waals surface area contributed by atoms with E-state index in [0.29, 0.717) is 0 Å². The van der Waals surface area contributed by atoms with Crippen molar-refractivity contribution in [2.75, 3.05) is 6.54 Å². The number of aryl methyl sites for hydroxylation is 2. The van der Waals surface area contributed by atoms with E-state index in [1.165, 1.54) is 5.69 Å². The zero-order valence-electron chi connectivity index (χ0n) is 14.2. The van der Waals surface area contributed by atoms with Gasteiger partial charge in [-0.3, -0.25) is 4.90 Å². The van der Waals surface area contributed by atoms with Gasteiger partial charge in [0.2, 0.25) is 0 Å². The van der Waals surface area contributed by atoms with E-state index in [-0.39, 0.29) is 6.04 Å². The van der Waals surface area contributed by atoms with Crippen LogP contribution in [0.25, 0.3) is 0 Å². The van der Waals surface area contributed by atoms with Crippen molar-refractivity contribution in [3.05, 3.63) is 54.2 Å². The number of nitrogens with zero attached hydrogens (tertiary/aromatic N) is 6. The van der Waals surface area contributed by atoms with Crippen LogP contribution in [0.5, 0.6) is 0 Å². The minimum absolute atomic E-state index is 0.0678. The van der Waals surface area contributed by atoms with E-state index < -0.39 is 0 Å². The summed E-state index contributed by atoms with van der Waals surface area (Å²) in [4.78, 5) is 19.5. The topological polar surface area (TPSA) is 67.6 Å². The Bertz CT molecular complexity index is 812. The maximum atomic E-state index is 4.68. The van der Waals surface area contributed by atoms with Crippen LogP contribution in [0.1, 0.15) is 42.4 Å². The first-order valence-corrected chi connectivity index (χ1v) is 8.51. The fraction of sp³-hybridized carbons (Fsp3) is 0.471. The molecule has 7 heteroatoms. The first-order chi connectivity index (χ1) is 11.8. The van der Waals surface area contributed by atoms with Gasteiger partial charge < -0.3 is 14.1 Å². The Morgan fingerprint density at radius 3 is 2.88 bits per heavy atom. The predicted octanol–water partition coefficient (Wildman–Crippen LogP) is 1.90. The summed E-state index contributed by atoms with van der Waals surface area (Å²) < 4.78 is 4.33. The predicted molar refractivity (Wildman–Crippen MR) is 90.3 cm³/mol. The van der Waals surface area contributed by atoms with Crippen LogP contribution in [-0.4, -0.2) is 40.5 Å². The number of hydrogen-bond donors (Lipinski definition) is 1. The van der Waals surface area contributed by atoms with Gasteiger partial charge in [-0.1, -0.05) is 6.92 Å². The second-order valence-electron chi connectivity index (χ2n) is 6.32. The zero-order valence-corrected chi connectivity index (χ0v) is 14.2. The molecule has 4 rings (SSSR count). The molecule has 0 aromatic carbocycles. The van der Waals surface area contributed by atoms with Crippen molar-refractivity contribution in [1.82, 2.24) is 34.0 Å². The molecule has 0 fully saturated rings. The molecule has 4 heterocycles. The van der Waals surface area contributed by atoms with Crippen LogP contribution < -0.4 is 0 Å². The van der Waals surface area contributed by atoms with Gasteiger partial charge in [0, 0.05) is 57.0 Å². The molecule has 126 valence electrons. The fourth-order valence-electron chi connectivity index (χ4n) is 3.51. The average Bonchev–Trinajstić information content (AvgIpc) is 3.30. The molecule has 24 heavy (non-hydrogen) atoms. The molecular weight excluding hydrogens is 302 g/mol. The van der Waals surface area contributed by atoms with Crippen molar-refractivity contribution in [2.24, 2.45) is 7.05 Å². The zero-order chi connectivity index (χ0) is 16.5. The number of aromatic amines is 1. The molecule has 3 aromatic rings. The molecule has 0 saturated carbocycles. The second-order valence-corrected chi connectivity index (χ2v) is 6.32. The van der Waals surface area contributed by atoms with Gasteiger partial charge in [-0.15, -0.1) is 0 Å². The molecule has 0 radical (unpaired) electrons. The van der Waals surface area contributed by atoms with Crippen molar-refractivity contribution < 1.29 is 0 Å². The number of nitrogens with one attached hydrogen (secondary N) is 1. The number of aromatic nitrogens is 6. The molecule has 1 atom stereocenters. The summed E-state index contributed by atoms with van der Waals surface area (Å²) in [5, 5.41) is 0. The van der Waals surface area contributed by atoms with Gasteiger partial charge in [-0.2, -0.15) is 0 Å². The fourth-order valence-corrected chi connectivity index (χ4v) is 3.51. The van der Waals surface area contributed by atoms with Crippen molar-refractivity contribution in [3.63, 3.8) is 0 Å². The third-order valence-electron chi connectivity index (χ3n) is 4.75. The van der Waals surface area contributed by atoms with E-state index in [4.69, 9.17) is 0 Å². The Morgan fingerprint density at radius 2 is 2.08 bits per heavy atom. The maximum Gasteiger partial charge on any atom is 0.132 e. The van der Waals surface area contributed by atoms with Crippen molar-refractivity contribution in [1.29, 1.82) is 0 Å². The Hall–Kier alpha value is -2.41. The summed E-state index contributed by atoms with van der Waals surface area (Å²) in [7, 11) is 2.04. The highest BCUT2D eigenvalue weighted by Gasteiger charge is 2.34. The normalized spacial score (nSPS) is 18.0. The lowest BCUT2D eigenvalue weighted by Gasteiger charge is -2.34. The molecule has 0 saturated heterocycles. The van der Waals surface area contributed by atoms with Gasteiger partial charge in [0.1, 0.15) is 17.7 Å². The molecule has 0 spiro atoms. The third kappa shape index (κ3) is 2.54. The van der Waals surface area contributed by atoms with Gasteiger partial charge >= 0.3 is 0 Å². The number of H-pyrrole nitrogens is 1. The quantitative estimate of drug-likeness (QED) is 0.778. The van der Waals surface area contributed by atoms with Crippen LogP contribution in [0.4, 0.5) is 0 Å². The monoisotopic (exact) mass is 325 g/mol. The molecule has 3 aromatic heterocycles. The smallest absolute Gasteiger partial charge is 0.132 e. The van der Waals surface area contributed by atoms with E-state index >= 15 is 0 Å². The summed E-state index contributed by atoms with van der Waals surface area (Å²) >= 11 is 0. The molecule has 0 amide bonds. The highest BCUT2D eigenvalue weighted by atomic mass is 15.3. The van der Waals surface area contributed by atoms with Gasteiger partial charge in [0.15, 0.2) is 0 Å². The number of fused-ring (bicyclic) bond motifs is 1. The second kappa shape index (κ2) is 6.24. The summed E-state index contributed by atoms with van der Waals surface area (Å²) in [5.41, 5.74) is 2.32. The highest BCUT2D eigenvalue weighted by molar-refractivity contribution is 5.26. The SMILES string of the molecule is CCCn1ccnc1C1c2nc[nH]c2CCN1Cc1nccn1C. The number of imidazole rings is 3.